The van der Waals surface area contributed by atoms with E-state index in [0.29, 0.717) is 0 Å². The van der Waals surface area contributed by atoms with Crippen molar-refractivity contribution in [1.29, 1.82) is 0 Å². The van der Waals surface area contributed by atoms with Crippen LogP contribution >= 0.6 is 12.6 Å². The Hall–Kier alpha value is -0.223. The van der Waals surface area contributed by atoms with Gasteiger partial charge in [0.15, 0.2) is 0 Å². The predicted molar refractivity (Wildman–Crippen MR) is 68.1 cm³/mol. The second-order valence-corrected chi connectivity index (χ2v) is 9.87. The van der Waals surface area contributed by atoms with Crippen molar-refractivity contribution in [3.8, 4) is 0 Å². The summed E-state index contributed by atoms with van der Waals surface area (Å²) in [4.78, 5) is 11.2. The molecule has 0 aliphatic heterocycles. The minimum Gasteiger partial charge on any atom is -0.404 e. The number of allylic oxidation sites excluding steroid dienone is 1. The van der Waals surface area contributed by atoms with Crippen molar-refractivity contribution in [1.82, 2.24) is 4.57 Å². The molecule has 0 bridgehead atoms. The number of nitrogens with zero attached hydrogens (tertiary/aromatic N) is 1. The Kier molecular flexibility index (Phi) is 4.95. The van der Waals surface area contributed by atoms with Crippen LogP contribution in [-0.4, -0.2) is 25.0 Å². The van der Waals surface area contributed by atoms with E-state index in [2.05, 4.69) is 43.9 Å². The Morgan fingerprint density at radius 3 is 2.00 bits per heavy atom. The van der Waals surface area contributed by atoms with E-state index < -0.39 is 8.24 Å². The first kappa shape index (κ1) is 13.8. The van der Waals surface area contributed by atoms with E-state index in [1.54, 1.807) is 0 Å². The quantitative estimate of drug-likeness (QED) is 0.456. The normalized spacial score (nSPS) is 13.6. The van der Waals surface area contributed by atoms with Crippen LogP contribution in [0.1, 0.15) is 20.3 Å². The van der Waals surface area contributed by atoms with Crippen LogP contribution in [0.4, 0.5) is 0 Å². The van der Waals surface area contributed by atoms with E-state index >= 15 is 0 Å². The summed E-state index contributed by atoms with van der Waals surface area (Å²) in [6.45, 7) is 10.8. The summed E-state index contributed by atoms with van der Waals surface area (Å²) in [5.41, 5.74) is 1.91. The number of rotatable bonds is 4. The van der Waals surface area contributed by atoms with Crippen LogP contribution in [0.25, 0.3) is 0 Å². The van der Waals surface area contributed by atoms with Gasteiger partial charge in [0.2, 0.25) is 5.12 Å². The molecule has 0 spiro atoms. The van der Waals surface area contributed by atoms with Crippen LogP contribution in [-0.2, 0) is 4.79 Å². The lowest BCUT2D eigenvalue weighted by atomic mass is 10.2. The van der Waals surface area contributed by atoms with E-state index in [1.807, 2.05) is 13.8 Å². The second-order valence-electron chi connectivity index (χ2n) is 4.45. The summed E-state index contributed by atoms with van der Waals surface area (Å²) in [7, 11) is 0.704. The van der Waals surface area contributed by atoms with Crippen molar-refractivity contribution < 1.29 is 4.79 Å². The van der Waals surface area contributed by atoms with Gasteiger partial charge in [-0.3, -0.25) is 4.79 Å². The number of thiol groups is 1. The molecule has 0 aliphatic rings. The molecule has 0 saturated carbocycles. The summed E-state index contributed by atoms with van der Waals surface area (Å²) < 4.78 is 2.25. The molecule has 14 heavy (non-hydrogen) atoms. The Morgan fingerprint density at radius 2 is 1.79 bits per heavy atom. The minimum absolute atomic E-state index is 0.102. The molecule has 0 aromatic heterocycles. The zero-order valence-corrected chi connectivity index (χ0v) is 11.9. The van der Waals surface area contributed by atoms with Crippen LogP contribution in [0.5, 0.6) is 0 Å². The Morgan fingerprint density at radius 1 is 1.36 bits per heavy atom. The largest absolute Gasteiger partial charge is 0.404 e. The first-order chi connectivity index (χ1) is 6.21. The van der Waals surface area contributed by atoms with Crippen LogP contribution < -0.4 is 0 Å². The fraction of sp³-hybridized carbons (Fsp3) is 0.700. The fourth-order valence-corrected chi connectivity index (χ4v) is 2.73. The fourth-order valence-electron chi connectivity index (χ4n) is 1.27. The topological polar surface area (TPSA) is 20.3 Å². The van der Waals surface area contributed by atoms with Gasteiger partial charge in [-0.2, -0.15) is 0 Å². The van der Waals surface area contributed by atoms with Gasteiger partial charge >= 0.3 is 0 Å². The summed E-state index contributed by atoms with van der Waals surface area (Å²) in [5, 5.41) is -0.102. The Bertz CT molecular complexity index is 255. The van der Waals surface area contributed by atoms with Crippen LogP contribution in [0.3, 0.4) is 0 Å². The third kappa shape index (κ3) is 3.50. The van der Waals surface area contributed by atoms with Crippen LogP contribution in [0, 0.1) is 0 Å². The van der Waals surface area contributed by atoms with Gasteiger partial charge in [0.25, 0.3) is 0 Å². The number of carbonyl (C=O) groups excluding carboxylic acids is 1. The number of carbonyl (C=O) groups is 1. The van der Waals surface area contributed by atoms with Crippen molar-refractivity contribution in [2.24, 2.45) is 0 Å². The van der Waals surface area contributed by atoms with Crippen molar-refractivity contribution >= 4 is 26.0 Å². The summed E-state index contributed by atoms with van der Waals surface area (Å²) in [6, 6.07) is 0. The Labute approximate surface area is 93.9 Å². The molecule has 0 radical (unpaired) electrons. The highest BCUT2D eigenvalue weighted by Gasteiger charge is 2.22. The molecule has 0 fully saturated rings. The molecule has 0 unspecified atom stereocenters. The highest BCUT2D eigenvalue weighted by molar-refractivity contribution is 7.97. The highest BCUT2D eigenvalue weighted by atomic mass is 32.1. The lowest BCUT2D eigenvalue weighted by Gasteiger charge is -2.34. The van der Waals surface area contributed by atoms with E-state index in [0.717, 1.165) is 17.7 Å². The van der Waals surface area contributed by atoms with Crippen molar-refractivity contribution in [2.45, 2.75) is 39.9 Å². The number of hydrogen-bond acceptors (Lipinski definition) is 2. The average Bonchev–Trinajstić information content (AvgIpc) is 2.01. The molecule has 0 heterocycles. The zero-order valence-electron chi connectivity index (χ0n) is 10.0. The first-order valence-corrected chi connectivity index (χ1v) is 8.78. The van der Waals surface area contributed by atoms with Crippen molar-refractivity contribution in [3.63, 3.8) is 0 Å². The molecule has 2 nitrogen and oxygen atoms in total. The van der Waals surface area contributed by atoms with Crippen molar-refractivity contribution in [2.75, 3.05) is 7.05 Å². The smallest absolute Gasteiger partial charge is 0.213 e. The standard InChI is InChI=1S/C10H21NOSSi/c1-7-9(10(12)13)8(2)11(3)14(4,5)6/h7H2,1-6H3,(H,12,13)/b9-8-. The second kappa shape index (κ2) is 5.03. The van der Waals surface area contributed by atoms with Crippen molar-refractivity contribution in [3.05, 3.63) is 11.3 Å². The molecular weight excluding hydrogens is 210 g/mol. The van der Waals surface area contributed by atoms with Gasteiger partial charge in [0, 0.05) is 11.3 Å². The molecule has 0 atom stereocenters. The highest BCUT2D eigenvalue weighted by Crippen LogP contribution is 2.19. The average molecular weight is 231 g/mol. The molecule has 0 rings (SSSR count). The molecule has 0 aliphatic carbocycles. The molecule has 0 aromatic carbocycles. The number of hydrogen-bond donors (Lipinski definition) is 1. The molecule has 0 N–H and O–H groups in total. The lowest BCUT2D eigenvalue weighted by Crippen LogP contribution is -2.42. The maximum atomic E-state index is 11.2. The molecule has 82 valence electrons. The maximum Gasteiger partial charge on any atom is 0.213 e. The van der Waals surface area contributed by atoms with E-state index in [1.165, 1.54) is 0 Å². The molecule has 4 heteroatoms. The zero-order chi connectivity index (χ0) is 11.5. The molecule has 0 amide bonds. The van der Waals surface area contributed by atoms with Gasteiger partial charge in [0.1, 0.15) is 8.24 Å². The monoisotopic (exact) mass is 231 g/mol. The van der Waals surface area contributed by atoms with Gasteiger partial charge in [-0.15, -0.1) is 12.6 Å². The predicted octanol–water partition coefficient (Wildman–Crippen LogP) is 2.89. The summed E-state index contributed by atoms with van der Waals surface area (Å²) in [5.74, 6) is 0. The molecule has 0 saturated heterocycles. The van der Waals surface area contributed by atoms with Crippen LogP contribution in [0.2, 0.25) is 19.6 Å². The van der Waals surface area contributed by atoms with Gasteiger partial charge < -0.3 is 4.57 Å². The van der Waals surface area contributed by atoms with E-state index in [4.69, 9.17) is 0 Å². The van der Waals surface area contributed by atoms with Gasteiger partial charge in [-0.25, -0.2) is 0 Å². The van der Waals surface area contributed by atoms with Gasteiger partial charge in [-0.05, 0) is 20.4 Å². The van der Waals surface area contributed by atoms with E-state index in [9.17, 15) is 4.79 Å². The van der Waals surface area contributed by atoms with E-state index in [-0.39, 0.29) is 5.12 Å². The third-order valence-corrected chi connectivity index (χ3v) is 5.18. The molecular formula is C10H21NOSSi. The minimum atomic E-state index is -1.36. The maximum absolute atomic E-state index is 11.2. The van der Waals surface area contributed by atoms with Gasteiger partial charge in [0.05, 0.1) is 0 Å². The van der Waals surface area contributed by atoms with Gasteiger partial charge in [-0.1, -0.05) is 26.6 Å². The summed E-state index contributed by atoms with van der Waals surface area (Å²) in [6.07, 6.45) is 0.753. The van der Waals surface area contributed by atoms with Crippen LogP contribution in [0.15, 0.2) is 11.3 Å². The molecule has 0 aromatic rings. The SMILES string of the molecule is CC/C(C(=O)S)=C(\C)N(C)[Si](C)(C)C. The third-order valence-electron chi connectivity index (χ3n) is 2.56. The summed E-state index contributed by atoms with van der Waals surface area (Å²) >= 11 is 3.89. The Balaban J connectivity index is 5.06. The lowest BCUT2D eigenvalue weighted by molar-refractivity contribution is -0.107. The first-order valence-electron chi connectivity index (χ1n) is 4.88.